The predicted molar refractivity (Wildman–Crippen MR) is 109 cm³/mol. The maximum absolute atomic E-state index is 8.09. The Hall–Kier alpha value is -0.880. The molecular formula is C16H36Cl2N6. The maximum atomic E-state index is 8.09. The molecule has 0 aliphatic carbocycles. The lowest BCUT2D eigenvalue weighted by Crippen LogP contribution is -2.43. The zero-order valence-electron chi connectivity index (χ0n) is 16.0. The number of azo groups is 1. The van der Waals surface area contributed by atoms with Gasteiger partial charge in [0.25, 0.3) is 0 Å². The highest BCUT2D eigenvalue weighted by Crippen LogP contribution is 2.16. The summed E-state index contributed by atoms with van der Waals surface area (Å²) in [7, 11) is 0. The lowest BCUT2D eigenvalue weighted by molar-refractivity contribution is 0.538. The minimum absolute atomic E-state index is 0. The number of amidine groups is 2. The lowest BCUT2D eigenvalue weighted by Gasteiger charge is -2.25. The van der Waals surface area contributed by atoms with Crippen molar-refractivity contribution in [3.05, 3.63) is 0 Å². The normalized spacial score (nSPS) is 11.4. The Labute approximate surface area is 159 Å². The second-order valence-corrected chi connectivity index (χ2v) is 6.63. The van der Waals surface area contributed by atoms with Crippen LogP contribution in [-0.2, 0) is 0 Å². The van der Waals surface area contributed by atoms with Gasteiger partial charge < -0.3 is 10.6 Å². The first kappa shape index (κ1) is 27.9. The van der Waals surface area contributed by atoms with Crippen LogP contribution in [0.15, 0.2) is 10.2 Å². The summed E-state index contributed by atoms with van der Waals surface area (Å²) in [5.74, 6) is 0.733. The Morgan fingerprint density at radius 2 is 1.04 bits per heavy atom. The van der Waals surface area contributed by atoms with Crippen LogP contribution in [0.1, 0.15) is 67.2 Å². The fourth-order valence-electron chi connectivity index (χ4n) is 1.56. The van der Waals surface area contributed by atoms with E-state index in [-0.39, 0.29) is 24.8 Å². The van der Waals surface area contributed by atoms with E-state index in [2.05, 4.69) is 34.7 Å². The fourth-order valence-corrected chi connectivity index (χ4v) is 1.56. The molecule has 0 rings (SSSR count). The Morgan fingerprint density at radius 1 is 0.750 bits per heavy atom. The molecule has 0 atom stereocenters. The molecule has 4 N–H and O–H groups in total. The number of nitrogens with one attached hydrogen (secondary N) is 4. The molecule has 0 aromatic heterocycles. The van der Waals surface area contributed by atoms with Gasteiger partial charge in [-0.05, 0) is 40.5 Å². The van der Waals surface area contributed by atoms with Crippen molar-refractivity contribution in [3.8, 4) is 0 Å². The molecular weight excluding hydrogens is 347 g/mol. The van der Waals surface area contributed by atoms with Crippen molar-refractivity contribution in [2.24, 2.45) is 10.2 Å². The molecule has 8 heteroatoms. The van der Waals surface area contributed by atoms with Gasteiger partial charge >= 0.3 is 0 Å². The van der Waals surface area contributed by atoms with E-state index in [9.17, 15) is 0 Å². The monoisotopic (exact) mass is 382 g/mol. The van der Waals surface area contributed by atoms with Crippen molar-refractivity contribution in [1.82, 2.24) is 10.6 Å². The van der Waals surface area contributed by atoms with Crippen LogP contribution < -0.4 is 10.6 Å². The van der Waals surface area contributed by atoms with E-state index in [1.165, 1.54) is 0 Å². The summed E-state index contributed by atoms with van der Waals surface area (Å²) in [4.78, 5) is 0. The van der Waals surface area contributed by atoms with Crippen LogP contribution in [0, 0.1) is 10.8 Å². The minimum Gasteiger partial charge on any atom is -0.372 e. The SMILES string of the molecule is CCCCNC(=N)C(C)(C)/N=N/C(C)(C)C(=N)NCCCC.Cl.Cl. The van der Waals surface area contributed by atoms with E-state index in [1.807, 2.05) is 27.7 Å². The fraction of sp³-hybridized carbons (Fsp3) is 0.875. The molecule has 0 saturated heterocycles. The molecule has 0 aliphatic heterocycles. The highest BCUT2D eigenvalue weighted by molar-refractivity contribution is 5.89. The lowest BCUT2D eigenvalue weighted by atomic mass is 10.0. The predicted octanol–water partition coefficient (Wildman–Crippen LogP) is 4.57. The summed E-state index contributed by atoms with van der Waals surface area (Å²) >= 11 is 0. The van der Waals surface area contributed by atoms with Crippen LogP contribution in [0.4, 0.5) is 0 Å². The topological polar surface area (TPSA) is 96.5 Å². The first-order valence-corrected chi connectivity index (χ1v) is 8.27. The second kappa shape index (κ2) is 13.4. The average Bonchev–Trinajstić information content (AvgIpc) is 2.45. The quantitative estimate of drug-likeness (QED) is 0.192. The van der Waals surface area contributed by atoms with Gasteiger partial charge in [-0.2, -0.15) is 10.2 Å². The van der Waals surface area contributed by atoms with Gasteiger partial charge in [-0.1, -0.05) is 26.7 Å². The third-order valence-electron chi connectivity index (χ3n) is 3.44. The number of nitrogens with zero attached hydrogens (tertiary/aromatic N) is 2. The highest BCUT2D eigenvalue weighted by Gasteiger charge is 2.28. The Morgan fingerprint density at radius 3 is 1.29 bits per heavy atom. The Balaban J connectivity index is -0.00000220. The summed E-state index contributed by atoms with van der Waals surface area (Å²) in [5, 5.41) is 31.0. The van der Waals surface area contributed by atoms with Gasteiger partial charge in [0.1, 0.15) is 22.7 Å². The molecule has 0 aromatic carbocycles. The molecule has 0 amide bonds. The van der Waals surface area contributed by atoms with Gasteiger partial charge in [0.2, 0.25) is 0 Å². The summed E-state index contributed by atoms with van der Waals surface area (Å²) in [6.07, 6.45) is 4.26. The van der Waals surface area contributed by atoms with Crippen LogP contribution in [0.3, 0.4) is 0 Å². The number of hydrogen-bond acceptors (Lipinski definition) is 4. The third-order valence-corrected chi connectivity index (χ3v) is 3.44. The molecule has 0 fully saturated rings. The standard InChI is InChI=1S/C16H34N6.2ClH/c1-7-9-11-19-13(17)15(3,4)21-22-16(5,6)14(18)20-12-10-8-2;;/h7-12H2,1-6H3,(H2,17,19)(H2,18,20);2*1H/b22-21+;;. The first-order chi connectivity index (χ1) is 10.2. The van der Waals surface area contributed by atoms with Gasteiger partial charge in [0, 0.05) is 13.1 Å². The zero-order chi connectivity index (χ0) is 17.2. The van der Waals surface area contributed by atoms with E-state index in [0.717, 1.165) is 38.8 Å². The molecule has 0 spiro atoms. The van der Waals surface area contributed by atoms with Crippen molar-refractivity contribution < 1.29 is 0 Å². The summed E-state index contributed by atoms with van der Waals surface area (Å²) in [6, 6.07) is 0. The van der Waals surface area contributed by atoms with E-state index >= 15 is 0 Å². The molecule has 0 bridgehead atoms. The Bertz CT molecular complexity index is 358. The van der Waals surface area contributed by atoms with Crippen LogP contribution in [0.25, 0.3) is 0 Å². The third kappa shape index (κ3) is 10.8. The van der Waals surface area contributed by atoms with Crippen molar-refractivity contribution in [2.45, 2.75) is 78.3 Å². The largest absolute Gasteiger partial charge is 0.372 e. The van der Waals surface area contributed by atoms with Crippen molar-refractivity contribution in [1.29, 1.82) is 10.8 Å². The minimum atomic E-state index is -0.700. The summed E-state index contributed by atoms with van der Waals surface area (Å²) in [5.41, 5.74) is -1.40. The van der Waals surface area contributed by atoms with E-state index < -0.39 is 11.1 Å². The van der Waals surface area contributed by atoms with Crippen LogP contribution in [0.2, 0.25) is 0 Å². The molecule has 144 valence electrons. The summed E-state index contributed by atoms with van der Waals surface area (Å²) in [6.45, 7) is 13.3. The van der Waals surface area contributed by atoms with Gasteiger partial charge in [-0.15, -0.1) is 24.8 Å². The highest BCUT2D eigenvalue weighted by atomic mass is 35.5. The number of rotatable bonds is 10. The van der Waals surface area contributed by atoms with Gasteiger partial charge in [0.05, 0.1) is 0 Å². The number of unbranched alkanes of at least 4 members (excludes halogenated alkanes) is 2. The number of halogens is 2. The van der Waals surface area contributed by atoms with Crippen LogP contribution >= 0.6 is 24.8 Å². The molecule has 0 unspecified atom stereocenters. The molecule has 0 heterocycles. The smallest absolute Gasteiger partial charge is 0.132 e. The maximum Gasteiger partial charge on any atom is 0.132 e. The first-order valence-electron chi connectivity index (χ1n) is 8.27. The molecule has 6 nitrogen and oxygen atoms in total. The van der Waals surface area contributed by atoms with E-state index in [4.69, 9.17) is 10.8 Å². The average molecular weight is 383 g/mol. The van der Waals surface area contributed by atoms with Crippen molar-refractivity contribution in [2.75, 3.05) is 13.1 Å². The second-order valence-electron chi connectivity index (χ2n) is 6.63. The molecule has 24 heavy (non-hydrogen) atoms. The molecule has 0 radical (unpaired) electrons. The zero-order valence-corrected chi connectivity index (χ0v) is 17.6. The molecule has 0 aromatic rings. The van der Waals surface area contributed by atoms with Crippen molar-refractivity contribution >= 4 is 36.5 Å². The van der Waals surface area contributed by atoms with Gasteiger partial charge in [0.15, 0.2) is 0 Å². The Kier molecular flexibility index (Phi) is 15.6. The number of hydrogen-bond donors (Lipinski definition) is 4. The van der Waals surface area contributed by atoms with Gasteiger partial charge in [-0.25, -0.2) is 0 Å². The van der Waals surface area contributed by atoms with Gasteiger partial charge in [-0.3, -0.25) is 10.8 Å². The van der Waals surface area contributed by atoms with Crippen LogP contribution in [0.5, 0.6) is 0 Å². The summed E-state index contributed by atoms with van der Waals surface area (Å²) < 4.78 is 0. The molecule has 0 aliphatic rings. The molecule has 0 saturated carbocycles. The van der Waals surface area contributed by atoms with Crippen molar-refractivity contribution in [3.63, 3.8) is 0 Å². The van der Waals surface area contributed by atoms with E-state index in [0.29, 0.717) is 11.7 Å². The van der Waals surface area contributed by atoms with E-state index in [1.54, 1.807) is 0 Å². The van der Waals surface area contributed by atoms with Crippen LogP contribution in [-0.4, -0.2) is 35.8 Å².